The highest BCUT2D eigenvalue weighted by molar-refractivity contribution is 7.22. The summed E-state index contributed by atoms with van der Waals surface area (Å²) in [6, 6.07) is 2.21. The third-order valence-corrected chi connectivity index (χ3v) is 5.50. The molecule has 0 saturated carbocycles. The maximum atomic E-state index is 12.4. The number of anilines is 1. The number of hydrogen-bond acceptors (Lipinski definition) is 6. The van der Waals surface area contributed by atoms with E-state index in [4.69, 9.17) is 23.2 Å². The minimum atomic E-state index is -1.48. The number of carbonyl (C=O) groups excluding carboxylic acids is 1. The lowest BCUT2D eigenvalue weighted by atomic mass is 10.0. The second-order valence-electron chi connectivity index (χ2n) is 6.56. The molecule has 28 heavy (non-hydrogen) atoms. The van der Waals surface area contributed by atoms with Crippen LogP contribution in [0.2, 0.25) is 10.0 Å². The topological polar surface area (TPSA) is 129 Å². The first-order chi connectivity index (χ1) is 13.1. The summed E-state index contributed by atoms with van der Waals surface area (Å²) in [5.41, 5.74) is 0.516. The van der Waals surface area contributed by atoms with Crippen LogP contribution in [0.25, 0.3) is 10.2 Å². The van der Waals surface area contributed by atoms with Crippen molar-refractivity contribution in [3.63, 3.8) is 0 Å². The van der Waals surface area contributed by atoms with Crippen molar-refractivity contribution in [1.29, 1.82) is 0 Å². The predicted molar refractivity (Wildman–Crippen MR) is 108 cm³/mol. The number of halogens is 2. The molecule has 152 valence electrons. The van der Waals surface area contributed by atoms with Crippen LogP contribution in [0.4, 0.5) is 5.13 Å². The van der Waals surface area contributed by atoms with Gasteiger partial charge in [-0.05, 0) is 24.5 Å². The molecule has 1 amide bonds. The van der Waals surface area contributed by atoms with Gasteiger partial charge in [0.1, 0.15) is 12.0 Å². The zero-order valence-corrected chi connectivity index (χ0v) is 17.4. The molecule has 8 nitrogen and oxygen atoms in total. The molecule has 0 radical (unpaired) electrons. The van der Waals surface area contributed by atoms with Crippen LogP contribution in [0.3, 0.4) is 0 Å². The summed E-state index contributed by atoms with van der Waals surface area (Å²) in [7, 11) is 0. The van der Waals surface area contributed by atoms with E-state index in [1.54, 1.807) is 12.1 Å². The Bertz CT molecular complexity index is 863. The first-order valence-electron chi connectivity index (χ1n) is 8.34. The molecule has 4 N–H and O–H groups in total. The van der Waals surface area contributed by atoms with Crippen molar-refractivity contribution >= 4 is 67.7 Å². The molecule has 2 aromatic rings. The maximum absolute atomic E-state index is 12.4. The van der Waals surface area contributed by atoms with E-state index < -0.39 is 29.8 Å². The number of rotatable bonds is 9. The summed E-state index contributed by atoms with van der Waals surface area (Å²) in [6.45, 7) is 3.38. The van der Waals surface area contributed by atoms with Crippen molar-refractivity contribution in [2.75, 3.05) is 11.9 Å². The number of nitrogens with zero attached hydrogens (tertiary/aromatic N) is 1. The number of aliphatic carboxylic acids is 2. The number of aromatic nitrogens is 1. The van der Waals surface area contributed by atoms with Gasteiger partial charge in [0.2, 0.25) is 5.91 Å². The molecule has 0 saturated heterocycles. The van der Waals surface area contributed by atoms with E-state index in [-0.39, 0.29) is 17.6 Å². The number of hydrogen-bond donors (Lipinski definition) is 4. The number of thiazole rings is 1. The third kappa shape index (κ3) is 5.78. The average molecular weight is 448 g/mol. The summed E-state index contributed by atoms with van der Waals surface area (Å²) in [4.78, 5) is 39.4. The molecule has 11 heteroatoms. The monoisotopic (exact) mass is 447 g/mol. The Labute approximate surface area is 174 Å². The maximum Gasteiger partial charge on any atom is 0.320 e. The van der Waals surface area contributed by atoms with E-state index in [0.717, 1.165) is 11.3 Å². The number of nitrogens with one attached hydrogen (secondary N) is 2. The normalized spacial score (nSPS) is 13.5. The SMILES string of the molecule is CC(C)C[C@H](NCC(C(=O)O)C(=O)Nc1nc2cc(Cl)c(Cl)cc2s1)C(=O)O. The Hall–Kier alpha value is -1.94. The lowest BCUT2D eigenvalue weighted by molar-refractivity contribution is -0.146. The first kappa shape index (κ1) is 22.4. The predicted octanol–water partition coefficient (Wildman–Crippen LogP) is 3.33. The average Bonchev–Trinajstić information content (AvgIpc) is 2.94. The molecule has 1 heterocycles. The van der Waals surface area contributed by atoms with Gasteiger partial charge >= 0.3 is 11.9 Å². The summed E-state index contributed by atoms with van der Waals surface area (Å²) in [5.74, 6) is -4.66. The van der Waals surface area contributed by atoms with Crippen LogP contribution in [-0.4, -0.2) is 45.6 Å². The van der Waals surface area contributed by atoms with Gasteiger partial charge in [0.05, 0.1) is 20.3 Å². The van der Waals surface area contributed by atoms with Crippen molar-refractivity contribution in [1.82, 2.24) is 10.3 Å². The minimum Gasteiger partial charge on any atom is -0.481 e. The fourth-order valence-electron chi connectivity index (χ4n) is 2.46. The van der Waals surface area contributed by atoms with Gasteiger partial charge in [-0.3, -0.25) is 14.4 Å². The second-order valence-corrected chi connectivity index (χ2v) is 8.41. The summed E-state index contributed by atoms with van der Waals surface area (Å²) >= 11 is 13.0. The summed E-state index contributed by atoms with van der Waals surface area (Å²) in [6.07, 6.45) is 0.308. The van der Waals surface area contributed by atoms with Gasteiger partial charge in [-0.25, -0.2) is 4.98 Å². The smallest absolute Gasteiger partial charge is 0.320 e. The molecule has 1 aromatic carbocycles. The molecule has 0 aliphatic carbocycles. The molecular formula is C17H19Cl2N3O5S. The van der Waals surface area contributed by atoms with Crippen LogP contribution in [0.15, 0.2) is 12.1 Å². The minimum absolute atomic E-state index is 0.0899. The number of carbonyl (C=O) groups is 3. The molecule has 2 rings (SSSR count). The summed E-state index contributed by atoms with van der Waals surface area (Å²) in [5, 5.41) is 24.6. The molecule has 0 aliphatic rings. The highest BCUT2D eigenvalue weighted by Crippen LogP contribution is 2.33. The van der Waals surface area contributed by atoms with E-state index in [1.807, 2.05) is 13.8 Å². The fourth-order valence-corrected chi connectivity index (χ4v) is 3.74. The molecular weight excluding hydrogens is 429 g/mol. The number of fused-ring (bicyclic) bond motifs is 1. The van der Waals surface area contributed by atoms with Crippen LogP contribution in [0.5, 0.6) is 0 Å². The standard InChI is InChI=1S/C17H19Cl2N3O5S/c1-7(2)3-12(16(26)27)20-6-8(15(24)25)14(23)22-17-21-11-4-9(18)10(19)5-13(11)28-17/h4-5,7-8,12,20H,3,6H2,1-2H3,(H,24,25)(H,26,27)(H,21,22,23)/t8?,12-/m0/s1. The van der Waals surface area contributed by atoms with Gasteiger partial charge in [0, 0.05) is 6.54 Å². The molecule has 1 aromatic heterocycles. The number of carboxylic acid groups (broad SMARTS) is 2. The Morgan fingerprint density at radius 1 is 1.14 bits per heavy atom. The van der Waals surface area contributed by atoms with E-state index >= 15 is 0 Å². The van der Waals surface area contributed by atoms with Crippen molar-refractivity contribution in [3.8, 4) is 0 Å². The summed E-state index contributed by atoms with van der Waals surface area (Å²) < 4.78 is 0.678. The van der Waals surface area contributed by atoms with Gasteiger partial charge in [-0.1, -0.05) is 48.4 Å². The molecule has 1 unspecified atom stereocenters. The van der Waals surface area contributed by atoms with Gasteiger partial charge in [-0.2, -0.15) is 0 Å². The highest BCUT2D eigenvalue weighted by atomic mass is 35.5. The Morgan fingerprint density at radius 2 is 1.79 bits per heavy atom. The molecule has 0 fully saturated rings. The number of benzene rings is 1. The van der Waals surface area contributed by atoms with Gasteiger partial charge in [0.25, 0.3) is 0 Å². The lowest BCUT2D eigenvalue weighted by Crippen LogP contribution is -2.45. The van der Waals surface area contributed by atoms with E-state index in [9.17, 15) is 24.6 Å². The van der Waals surface area contributed by atoms with E-state index in [0.29, 0.717) is 26.7 Å². The van der Waals surface area contributed by atoms with Crippen LogP contribution in [0.1, 0.15) is 20.3 Å². The van der Waals surface area contributed by atoms with Crippen molar-refractivity contribution in [3.05, 3.63) is 22.2 Å². The van der Waals surface area contributed by atoms with Crippen molar-refractivity contribution in [2.24, 2.45) is 11.8 Å². The van der Waals surface area contributed by atoms with Crippen LogP contribution >= 0.6 is 34.5 Å². The first-order valence-corrected chi connectivity index (χ1v) is 9.91. The second kappa shape index (κ2) is 9.51. The van der Waals surface area contributed by atoms with Crippen LogP contribution in [-0.2, 0) is 14.4 Å². The van der Waals surface area contributed by atoms with Gasteiger partial charge in [0.15, 0.2) is 5.13 Å². The van der Waals surface area contributed by atoms with E-state index in [2.05, 4.69) is 15.6 Å². The van der Waals surface area contributed by atoms with E-state index in [1.165, 1.54) is 0 Å². The van der Waals surface area contributed by atoms with Gasteiger partial charge < -0.3 is 20.8 Å². The van der Waals surface area contributed by atoms with Crippen LogP contribution < -0.4 is 10.6 Å². The van der Waals surface area contributed by atoms with Crippen LogP contribution in [0, 0.1) is 11.8 Å². The van der Waals surface area contributed by atoms with Crippen molar-refractivity contribution < 1.29 is 24.6 Å². The molecule has 0 spiro atoms. The number of carboxylic acids is 2. The Morgan fingerprint density at radius 3 is 2.36 bits per heavy atom. The lowest BCUT2D eigenvalue weighted by Gasteiger charge is -2.19. The fraction of sp³-hybridized carbons (Fsp3) is 0.412. The zero-order chi connectivity index (χ0) is 21.0. The quantitative estimate of drug-likeness (QED) is 0.433. The highest BCUT2D eigenvalue weighted by Gasteiger charge is 2.29. The Kier molecular flexibility index (Phi) is 7.59. The van der Waals surface area contributed by atoms with Gasteiger partial charge in [-0.15, -0.1) is 0 Å². The zero-order valence-electron chi connectivity index (χ0n) is 15.0. The molecule has 2 atom stereocenters. The number of amides is 1. The van der Waals surface area contributed by atoms with Crippen molar-refractivity contribution in [2.45, 2.75) is 26.3 Å². The largest absolute Gasteiger partial charge is 0.481 e. The Balaban J connectivity index is 2.10. The molecule has 0 aliphatic heterocycles. The molecule has 0 bridgehead atoms. The third-order valence-electron chi connectivity index (χ3n) is 3.85.